The highest BCUT2D eigenvalue weighted by Crippen LogP contribution is 2.29. The SMILES string of the molecule is COC(=O)[C@H]1CCC(O)[C@@H](C(=O)OC)CC1. The van der Waals surface area contributed by atoms with Crippen LogP contribution in [0.3, 0.4) is 0 Å². The van der Waals surface area contributed by atoms with Crippen molar-refractivity contribution in [1.82, 2.24) is 0 Å². The zero-order valence-corrected chi connectivity index (χ0v) is 9.64. The van der Waals surface area contributed by atoms with Crippen LogP contribution in [0.2, 0.25) is 0 Å². The van der Waals surface area contributed by atoms with Gasteiger partial charge in [0.05, 0.1) is 32.2 Å². The lowest BCUT2D eigenvalue weighted by atomic mass is 9.97. The number of carbonyl (C=O) groups excluding carboxylic acids is 2. The number of aliphatic hydroxyl groups excluding tert-OH is 1. The summed E-state index contributed by atoms with van der Waals surface area (Å²) in [5, 5.41) is 9.77. The van der Waals surface area contributed by atoms with Crippen LogP contribution in [0.1, 0.15) is 25.7 Å². The first-order chi connectivity index (χ1) is 7.60. The first-order valence-electron chi connectivity index (χ1n) is 5.43. The summed E-state index contributed by atoms with van der Waals surface area (Å²) in [5.41, 5.74) is 0. The fourth-order valence-corrected chi connectivity index (χ4v) is 2.12. The van der Waals surface area contributed by atoms with Gasteiger partial charge < -0.3 is 14.6 Å². The van der Waals surface area contributed by atoms with E-state index in [1.54, 1.807) is 0 Å². The predicted molar refractivity (Wildman–Crippen MR) is 55.5 cm³/mol. The van der Waals surface area contributed by atoms with Crippen LogP contribution in [0.5, 0.6) is 0 Å². The van der Waals surface area contributed by atoms with E-state index < -0.39 is 18.0 Å². The summed E-state index contributed by atoms with van der Waals surface area (Å²) >= 11 is 0. The van der Waals surface area contributed by atoms with Crippen molar-refractivity contribution in [3.8, 4) is 0 Å². The highest BCUT2D eigenvalue weighted by molar-refractivity contribution is 5.74. The second-order valence-electron chi connectivity index (χ2n) is 4.07. The van der Waals surface area contributed by atoms with Gasteiger partial charge in [-0.2, -0.15) is 0 Å². The maximum atomic E-state index is 11.4. The maximum Gasteiger partial charge on any atom is 0.311 e. The molecule has 1 unspecified atom stereocenters. The molecule has 0 spiro atoms. The molecule has 92 valence electrons. The molecule has 0 radical (unpaired) electrons. The molecule has 1 saturated carbocycles. The molecule has 3 atom stereocenters. The lowest BCUT2D eigenvalue weighted by molar-refractivity contribution is -0.150. The zero-order chi connectivity index (χ0) is 12.1. The van der Waals surface area contributed by atoms with Crippen molar-refractivity contribution >= 4 is 11.9 Å². The van der Waals surface area contributed by atoms with Crippen LogP contribution in [-0.4, -0.2) is 37.4 Å². The van der Waals surface area contributed by atoms with E-state index >= 15 is 0 Å². The summed E-state index contributed by atoms with van der Waals surface area (Å²) in [5.74, 6) is -1.40. The fraction of sp³-hybridized carbons (Fsp3) is 0.818. The molecule has 0 aromatic heterocycles. The Kier molecular flexibility index (Phi) is 4.73. The first kappa shape index (κ1) is 13.0. The largest absolute Gasteiger partial charge is 0.469 e. The van der Waals surface area contributed by atoms with Gasteiger partial charge in [-0.3, -0.25) is 9.59 Å². The van der Waals surface area contributed by atoms with E-state index in [9.17, 15) is 14.7 Å². The van der Waals surface area contributed by atoms with Crippen molar-refractivity contribution in [2.45, 2.75) is 31.8 Å². The van der Waals surface area contributed by atoms with Crippen molar-refractivity contribution < 1.29 is 24.2 Å². The number of hydrogen-bond donors (Lipinski definition) is 1. The van der Waals surface area contributed by atoms with Gasteiger partial charge in [0.15, 0.2) is 0 Å². The van der Waals surface area contributed by atoms with Gasteiger partial charge in [0.25, 0.3) is 0 Å². The molecule has 1 aliphatic rings. The van der Waals surface area contributed by atoms with Crippen LogP contribution < -0.4 is 0 Å². The minimum absolute atomic E-state index is 0.214. The highest BCUT2D eigenvalue weighted by atomic mass is 16.5. The molecular weight excluding hydrogens is 212 g/mol. The maximum absolute atomic E-state index is 11.4. The minimum Gasteiger partial charge on any atom is -0.469 e. The molecular formula is C11H18O5. The molecule has 0 heterocycles. The van der Waals surface area contributed by atoms with Crippen molar-refractivity contribution in [1.29, 1.82) is 0 Å². The average Bonchev–Trinajstić information content (AvgIpc) is 2.49. The molecule has 5 heteroatoms. The summed E-state index contributed by atoms with van der Waals surface area (Å²) in [7, 11) is 2.65. The fourth-order valence-electron chi connectivity index (χ4n) is 2.12. The van der Waals surface area contributed by atoms with Gasteiger partial charge in [-0.15, -0.1) is 0 Å². The van der Waals surface area contributed by atoms with E-state index in [1.165, 1.54) is 14.2 Å². The Morgan fingerprint density at radius 3 is 2.12 bits per heavy atom. The van der Waals surface area contributed by atoms with E-state index in [2.05, 4.69) is 9.47 Å². The van der Waals surface area contributed by atoms with Gasteiger partial charge in [-0.1, -0.05) is 0 Å². The van der Waals surface area contributed by atoms with Gasteiger partial charge in [-0.25, -0.2) is 0 Å². The lowest BCUT2D eigenvalue weighted by Gasteiger charge is -2.16. The van der Waals surface area contributed by atoms with Crippen molar-refractivity contribution in [3.63, 3.8) is 0 Å². The van der Waals surface area contributed by atoms with Crippen LogP contribution in [0.25, 0.3) is 0 Å². The third kappa shape index (κ3) is 2.95. The monoisotopic (exact) mass is 230 g/mol. The Balaban J connectivity index is 2.62. The summed E-state index contributed by atoms with van der Waals surface area (Å²) in [6.07, 6.45) is 1.29. The van der Waals surface area contributed by atoms with E-state index in [4.69, 9.17) is 0 Å². The van der Waals surface area contributed by atoms with E-state index in [0.717, 1.165) is 0 Å². The summed E-state index contributed by atoms with van der Waals surface area (Å²) in [6.45, 7) is 0. The molecule has 0 bridgehead atoms. The third-order valence-corrected chi connectivity index (χ3v) is 3.14. The van der Waals surface area contributed by atoms with Gasteiger partial charge in [-0.05, 0) is 25.7 Å². The van der Waals surface area contributed by atoms with Gasteiger partial charge in [0.1, 0.15) is 0 Å². The Morgan fingerprint density at radius 1 is 1.00 bits per heavy atom. The van der Waals surface area contributed by atoms with Crippen LogP contribution in [0.4, 0.5) is 0 Å². The predicted octanol–water partition coefficient (Wildman–Crippen LogP) is 0.500. The van der Waals surface area contributed by atoms with Gasteiger partial charge >= 0.3 is 11.9 Å². The number of ether oxygens (including phenoxy) is 2. The highest BCUT2D eigenvalue weighted by Gasteiger charge is 2.34. The summed E-state index contributed by atoms with van der Waals surface area (Å²) in [4.78, 5) is 22.7. The Hall–Kier alpha value is -1.10. The van der Waals surface area contributed by atoms with Gasteiger partial charge in [0.2, 0.25) is 0 Å². The van der Waals surface area contributed by atoms with Crippen LogP contribution in [0.15, 0.2) is 0 Å². The molecule has 0 aromatic rings. The van der Waals surface area contributed by atoms with Crippen LogP contribution in [-0.2, 0) is 19.1 Å². The molecule has 1 fully saturated rings. The Bertz CT molecular complexity index is 263. The molecule has 0 saturated heterocycles. The molecule has 16 heavy (non-hydrogen) atoms. The van der Waals surface area contributed by atoms with Crippen LogP contribution >= 0.6 is 0 Å². The van der Waals surface area contributed by atoms with Crippen molar-refractivity contribution in [2.75, 3.05) is 14.2 Å². The van der Waals surface area contributed by atoms with E-state index in [0.29, 0.717) is 25.7 Å². The summed E-state index contributed by atoms with van der Waals surface area (Å²) < 4.78 is 9.29. The second kappa shape index (κ2) is 5.84. The Morgan fingerprint density at radius 2 is 1.56 bits per heavy atom. The number of hydrogen-bond acceptors (Lipinski definition) is 5. The quantitative estimate of drug-likeness (QED) is 0.552. The standard InChI is InChI=1S/C11H18O5/c1-15-10(13)7-3-5-8(11(14)16-2)9(12)6-4-7/h7-9,12H,3-6H2,1-2H3/t7-,8+,9?/m1/s1. The molecule has 5 nitrogen and oxygen atoms in total. The number of methoxy groups -OCH3 is 2. The molecule has 1 rings (SSSR count). The topological polar surface area (TPSA) is 72.8 Å². The molecule has 1 N–H and O–H groups in total. The van der Waals surface area contributed by atoms with E-state index in [-0.39, 0.29) is 11.9 Å². The molecule has 0 amide bonds. The normalized spacial score (nSPS) is 30.3. The van der Waals surface area contributed by atoms with E-state index in [1.807, 2.05) is 0 Å². The molecule has 1 aliphatic carbocycles. The van der Waals surface area contributed by atoms with Gasteiger partial charge in [0, 0.05) is 0 Å². The molecule has 0 aromatic carbocycles. The van der Waals surface area contributed by atoms with Crippen molar-refractivity contribution in [2.24, 2.45) is 11.8 Å². The smallest absolute Gasteiger partial charge is 0.311 e. The average molecular weight is 230 g/mol. The number of esters is 2. The second-order valence-corrected chi connectivity index (χ2v) is 4.07. The number of carbonyl (C=O) groups is 2. The van der Waals surface area contributed by atoms with Crippen LogP contribution in [0, 0.1) is 11.8 Å². The number of aliphatic hydroxyl groups is 1. The third-order valence-electron chi connectivity index (χ3n) is 3.14. The lowest BCUT2D eigenvalue weighted by Crippen LogP contribution is -2.28. The summed E-state index contributed by atoms with van der Waals surface area (Å²) in [6, 6.07) is 0. The molecule has 0 aliphatic heterocycles. The Labute approximate surface area is 94.7 Å². The van der Waals surface area contributed by atoms with Crippen molar-refractivity contribution in [3.05, 3.63) is 0 Å². The zero-order valence-electron chi connectivity index (χ0n) is 9.64. The number of rotatable bonds is 2. The minimum atomic E-state index is -0.720. The first-order valence-corrected chi connectivity index (χ1v) is 5.43.